The van der Waals surface area contributed by atoms with Gasteiger partial charge in [0.1, 0.15) is 0 Å². The van der Waals surface area contributed by atoms with Gasteiger partial charge in [-0.2, -0.15) is 0 Å². The smallest absolute Gasteiger partial charge is 0.306 e. The second kappa shape index (κ2) is 6.97. The maximum Gasteiger partial charge on any atom is 0.306 e. The molecule has 0 aromatic heterocycles. The molecule has 3 atom stereocenters. The van der Waals surface area contributed by atoms with E-state index in [0.717, 1.165) is 19.0 Å². The van der Waals surface area contributed by atoms with Gasteiger partial charge in [-0.15, -0.1) is 0 Å². The number of esters is 1. The summed E-state index contributed by atoms with van der Waals surface area (Å²) in [4.78, 5) is 13.4. The van der Waals surface area contributed by atoms with Crippen molar-refractivity contribution < 1.29 is 9.53 Å². The molecule has 0 spiro atoms. The molecule has 0 aromatic carbocycles. The fourth-order valence-corrected chi connectivity index (χ4v) is 2.76. The lowest BCUT2D eigenvalue weighted by Crippen LogP contribution is -2.45. The van der Waals surface area contributed by atoms with Crippen LogP contribution < -0.4 is 5.73 Å². The lowest BCUT2D eigenvalue weighted by molar-refractivity contribution is -0.141. The van der Waals surface area contributed by atoms with E-state index < -0.39 is 0 Å². The molecule has 0 radical (unpaired) electrons. The molecule has 0 aromatic rings. The molecular formula is C13H26N2O2. The highest BCUT2D eigenvalue weighted by Gasteiger charge is 2.30. The van der Waals surface area contributed by atoms with Crippen LogP contribution in [0.1, 0.15) is 32.6 Å². The lowest BCUT2D eigenvalue weighted by atomic mass is 9.78. The quantitative estimate of drug-likeness (QED) is 0.737. The zero-order valence-corrected chi connectivity index (χ0v) is 11.3. The van der Waals surface area contributed by atoms with Crippen LogP contribution in [0.5, 0.6) is 0 Å². The summed E-state index contributed by atoms with van der Waals surface area (Å²) in [7, 11) is 3.53. The summed E-state index contributed by atoms with van der Waals surface area (Å²) < 4.78 is 4.67. The fraction of sp³-hybridized carbons (Fsp3) is 0.923. The lowest BCUT2D eigenvalue weighted by Gasteiger charge is -2.40. The highest BCUT2D eigenvalue weighted by Crippen LogP contribution is 2.31. The second-order valence-electron chi connectivity index (χ2n) is 5.29. The predicted octanol–water partition coefficient (Wildman–Crippen LogP) is 1.24. The first-order valence-corrected chi connectivity index (χ1v) is 6.55. The summed E-state index contributed by atoms with van der Waals surface area (Å²) in [5.74, 6) is 1.21. The van der Waals surface area contributed by atoms with Crippen LogP contribution in [0.4, 0.5) is 0 Å². The second-order valence-corrected chi connectivity index (χ2v) is 5.29. The van der Waals surface area contributed by atoms with Crippen LogP contribution in [-0.4, -0.2) is 44.2 Å². The molecule has 0 bridgehead atoms. The number of nitrogens with two attached hydrogens (primary N) is 1. The molecule has 0 amide bonds. The number of carbonyl (C=O) groups is 1. The Morgan fingerprint density at radius 3 is 2.76 bits per heavy atom. The van der Waals surface area contributed by atoms with Crippen molar-refractivity contribution in [2.24, 2.45) is 17.6 Å². The molecule has 17 heavy (non-hydrogen) atoms. The largest absolute Gasteiger partial charge is 0.469 e. The van der Waals surface area contributed by atoms with Crippen LogP contribution in [0.3, 0.4) is 0 Å². The number of hydrogen-bond donors (Lipinski definition) is 1. The van der Waals surface area contributed by atoms with E-state index in [-0.39, 0.29) is 5.97 Å². The molecule has 3 unspecified atom stereocenters. The Labute approximate surface area is 104 Å². The predicted molar refractivity (Wildman–Crippen MR) is 68.6 cm³/mol. The van der Waals surface area contributed by atoms with Crippen LogP contribution >= 0.6 is 0 Å². The van der Waals surface area contributed by atoms with Crippen molar-refractivity contribution in [2.45, 2.75) is 38.6 Å². The van der Waals surface area contributed by atoms with Crippen LogP contribution in [0, 0.1) is 11.8 Å². The van der Waals surface area contributed by atoms with E-state index in [0.29, 0.717) is 18.4 Å². The molecular weight excluding hydrogens is 216 g/mol. The molecule has 1 saturated carbocycles. The number of ether oxygens (including phenoxy) is 1. The van der Waals surface area contributed by atoms with Gasteiger partial charge in [0.15, 0.2) is 0 Å². The summed E-state index contributed by atoms with van der Waals surface area (Å²) in [6.07, 6.45) is 4.16. The summed E-state index contributed by atoms with van der Waals surface area (Å²) in [5.41, 5.74) is 5.84. The number of methoxy groups -OCH3 is 1. The molecule has 1 aliphatic rings. The number of rotatable bonds is 5. The van der Waals surface area contributed by atoms with Crippen molar-refractivity contribution in [2.75, 3.05) is 27.2 Å². The van der Waals surface area contributed by atoms with E-state index in [1.807, 2.05) is 0 Å². The summed E-state index contributed by atoms with van der Waals surface area (Å²) >= 11 is 0. The average Bonchev–Trinajstić information content (AvgIpc) is 2.35. The number of nitrogens with zero attached hydrogens (tertiary/aromatic N) is 1. The normalized spacial score (nSPS) is 29.4. The van der Waals surface area contributed by atoms with Crippen LogP contribution in [0.15, 0.2) is 0 Å². The van der Waals surface area contributed by atoms with E-state index in [1.54, 1.807) is 0 Å². The Kier molecular flexibility index (Phi) is 5.92. The first-order chi connectivity index (χ1) is 8.08. The highest BCUT2D eigenvalue weighted by molar-refractivity contribution is 5.69. The van der Waals surface area contributed by atoms with E-state index in [2.05, 4.69) is 23.6 Å². The van der Waals surface area contributed by atoms with Gasteiger partial charge in [0, 0.05) is 12.6 Å². The number of carbonyl (C=O) groups excluding carboxylic acids is 1. The summed E-state index contributed by atoms with van der Waals surface area (Å²) in [6, 6.07) is 0.522. The Morgan fingerprint density at radius 1 is 1.47 bits per heavy atom. The molecule has 4 heteroatoms. The molecule has 1 rings (SSSR count). The molecule has 100 valence electrons. The van der Waals surface area contributed by atoms with Gasteiger partial charge in [-0.3, -0.25) is 4.79 Å². The monoisotopic (exact) mass is 242 g/mol. The minimum absolute atomic E-state index is 0.134. The Hall–Kier alpha value is -0.610. The van der Waals surface area contributed by atoms with Gasteiger partial charge < -0.3 is 15.4 Å². The van der Waals surface area contributed by atoms with Crippen LogP contribution in [0.2, 0.25) is 0 Å². The first-order valence-electron chi connectivity index (χ1n) is 6.55. The zero-order valence-electron chi connectivity index (χ0n) is 11.3. The minimum Gasteiger partial charge on any atom is -0.469 e. The number of hydrogen-bond acceptors (Lipinski definition) is 4. The molecule has 0 saturated heterocycles. The Morgan fingerprint density at radius 2 is 2.18 bits per heavy atom. The molecule has 4 nitrogen and oxygen atoms in total. The van der Waals surface area contributed by atoms with Crippen molar-refractivity contribution in [3.05, 3.63) is 0 Å². The minimum atomic E-state index is -0.134. The SMILES string of the molecule is COC(=O)CCN(C)C1CC(C)CCC1CN. The van der Waals surface area contributed by atoms with E-state index in [9.17, 15) is 4.79 Å². The summed E-state index contributed by atoms with van der Waals surface area (Å²) in [6.45, 7) is 3.81. The third-order valence-corrected chi connectivity index (χ3v) is 3.98. The van der Waals surface area contributed by atoms with Gasteiger partial charge >= 0.3 is 5.97 Å². The van der Waals surface area contributed by atoms with Crippen molar-refractivity contribution in [3.8, 4) is 0 Å². The third-order valence-electron chi connectivity index (χ3n) is 3.98. The highest BCUT2D eigenvalue weighted by atomic mass is 16.5. The molecule has 1 aliphatic carbocycles. The van der Waals surface area contributed by atoms with Crippen molar-refractivity contribution in [3.63, 3.8) is 0 Å². The van der Waals surface area contributed by atoms with E-state index in [4.69, 9.17) is 5.73 Å². The zero-order chi connectivity index (χ0) is 12.8. The van der Waals surface area contributed by atoms with Crippen molar-refractivity contribution in [1.82, 2.24) is 4.90 Å². The molecule has 0 heterocycles. The van der Waals surface area contributed by atoms with Crippen molar-refractivity contribution in [1.29, 1.82) is 0 Å². The fourth-order valence-electron chi connectivity index (χ4n) is 2.76. The molecule has 2 N–H and O–H groups in total. The standard InChI is InChI=1S/C13H26N2O2/c1-10-4-5-11(9-14)12(8-10)15(2)7-6-13(16)17-3/h10-12H,4-9,14H2,1-3H3. The van der Waals surface area contributed by atoms with Gasteiger partial charge in [0.2, 0.25) is 0 Å². The Balaban J connectivity index is 2.46. The molecule has 1 fully saturated rings. The van der Waals surface area contributed by atoms with Crippen LogP contribution in [0.25, 0.3) is 0 Å². The maximum absolute atomic E-state index is 11.1. The van der Waals surface area contributed by atoms with Gasteiger partial charge in [-0.05, 0) is 38.3 Å². The van der Waals surface area contributed by atoms with Gasteiger partial charge in [0.25, 0.3) is 0 Å². The van der Waals surface area contributed by atoms with Crippen molar-refractivity contribution >= 4 is 5.97 Å². The van der Waals surface area contributed by atoms with Gasteiger partial charge in [0.05, 0.1) is 13.5 Å². The van der Waals surface area contributed by atoms with Gasteiger partial charge in [-0.1, -0.05) is 13.3 Å². The first kappa shape index (κ1) is 14.5. The molecule has 0 aliphatic heterocycles. The van der Waals surface area contributed by atoms with E-state index >= 15 is 0 Å². The topological polar surface area (TPSA) is 55.6 Å². The summed E-state index contributed by atoms with van der Waals surface area (Å²) in [5, 5.41) is 0. The third kappa shape index (κ3) is 4.28. The van der Waals surface area contributed by atoms with Gasteiger partial charge in [-0.25, -0.2) is 0 Å². The Bertz CT molecular complexity index is 246. The van der Waals surface area contributed by atoms with E-state index in [1.165, 1.54) is 26.4 Å². The van der Waals surface area contributed by atoms with Crippen LogP contribution in [-0.2, 0) is 9.53 Å². The maximum atomic E-state index is 11.1. The average molecular weight is 242 g/mol.